The van der Waals surface area contributed by atoms with E-state index in [1.165, 1.54) is 6.07 Å². The van der Waals surface area contributed by atoms with Crippen LogP contribution in [0.4, 0.5) is 10.1 Å². The lowest BCUT2D eigenvalue weighted by Gasteiger charge is -2.05. The SMILES string of the molecule is CC#CCCNc1cc(Br)ccc1F. The van der Waals surface area contributed by atoms with Gasteiger partial charge < -0.3 is 5.32 Å². The summed E-state index contributed by atoms with van der Waals surface area (Å²) in [5, 5.41) is 2.98. The second-order valence-corrected chi connectivity index (χ2v) is 3.64. The van der Waals surface area contributed by atoms with Crippen LogP contribution in [-0.4, -0.2) is 6.54 Å². The van der Waals surface area contributed by atoms with E-state index in [1.54, 1.807) is 19.1 Å². The predicted octanol–water partition coefficient (Wildman–Crippen LogP) is 3.41. The molecule has 0 radical (unpaired) electrons. The molecule has 0 saturated carbocycles. The van der Waals surface area contributed by atoms with Crippen molar-refractivity contribution < 1.29 is 4.39 Å². The molecule has 1 rings (SSSR count). The molecule has 74 valence electrons. The van der Waals surface area contributed by atoms with Gasteiger partial charge in [-0.05, 0) is 25.1 Å². The summed E-state index contributed by atoms with van der Waals surface area (Å²) >= 11 is 3.28. The van der Waals surface area contributed by atoms with Crippen LogP contribution >= 0.6 is 15.9 Å². The van der Waals surface area contributed by atoms with Gasteiger partial charge in [0.2, 0.25) is 0 Å². The van der Waals surface area contributed by atoms with Gasteiger partial charge in [0.1, 0.15) is 5.82 Å². The molecule has 0 aliphatic heterocycles. The number of nitrogens with one attached hydrogen (secondary N) is 1. The quantitative estimate of drug-likeness (QED) is 0.645. The number of halogens is 2. The Morgan fingerprint density at radius 2 is 2.29 bits per heavy atom. The first-order valence-corrected chi connectivity index (χ1v) is 5.12. The van der Waals surface area contributed by atoms with Gasteiger partial charge in [-0.1, -0.05) is 15.9 Å². The van der Waals surface area contributed by atoms with E-state index >= 15 is 0 Å². The Morgan fingerprint density at radius 1 is 1.50 bits per heavy atom. The van der Waals surface area contributed by atoms with E-state index in [1.807, 2.05) is 0 Å². The standard InChI is InChI=1S/C11H11BrFN/c1-2-3-4-7-14-11-8-9(12)5-6-10(11)13/h5-6,8,14H,4,7H2,1H3. The molecule has 0 bridgehead atoms. The molecule has 1 aromatic rings. The fraction of sp³-hybridized carbons (Fsp3) is 0.273. The lowest BCUT2D eigenvalue weighted by molar-refractivity contribution is 0.630. The van der Waals surface area contributed by atoms with Crippen molar-refractivity contribution in [1.29, 1.82) is 0 Å². The first-order chi connectivity index (χ1) is 6.74. The molecule has 0 heterocycles. The summed E-state index contributed by atoms with van der Waals surface area (Å²) in [5.74, 6) is 5.45. The molecular formula is C11H11BrFN. The summed E-state index contributed by atoms with van der Waals surface area (Å²) in [6.07, 6.45) is 0.725. The van der Waals surface area contributed by atoms with Crippen LogP contribution in [0.1, 0.15) is 13.3 Å². The maximum atomic E-state index is 13.2. The Labute approximate surface area is 91.8 Å². The number of benzene rings is 1. The van der Waals surface area contributed by atoms with Crippen LogP contribution in [0.2, 0.25) is 0 Å². The molecular weight excluding hydrogens is 245 g/mol. The Balaban J connectivity index is 2.56. The van der Waals surface area contributed by atoms with Crippen LogP contribution in [-0.2, 0) is 0 Å². The predicted molar refractivity (Wildman–Crippen MR) is 60.7 cm³/mol. The number of rotatable bonds is 3. The monoisotopic (exact) mass is 255 g/mol. The van der Waals surface area contributed by atoms with Crippen LogP contribution < -0.4 is 5.32 Å². The Bertz CT molecular complexity index is 365. The smallest absolute Gasteiger partial charge is 0.146 e. The third kappa shape index (κ3) is 3.39. The highest BCUT2D eigenvalue weighted by atomic mass is 79.9. The Kier molecular flexibility index (Phi) is 4.48. The zero-order chi connectivity index (χ0) is 10.4. The van der Waals surface area contributed by atoms with Gasteiger partial charge in [0.05, 0.1) is 5.69 Å². The molecule has 0 aromatic heterocycles. The molecule has 0 aliphatic carbocycles. The number of hydrogen-bond donors (Lipinski definition) is 1. The second kappa shape index (κ2) is 5.66. The maximum Gasteiger partial charge on any atom is 0.146 e. The van der Waals surface area contributed by atoms with Gasteiger partial charge in [0.25, 0.3) is 0 Å². The first kappa shape index (κ1) is 11.1. The number of hydrogen-bond acceptors (Lipinski definition) is 1. The normalized spacial score (nSPS) is 9.07. The van der Waals surface area contributed by atoms with Crippen LogP contribution in [0.25, 0.3) is 0 Å². The van der Waals surface area contributed by atoms with Gasteiger partial charge in [-0.15, -0.1) is 11.8 Å². The summed E-state index contributed by atoms with van der Waals surface area (Å²) in [5.41, 5.74) is 0.511. The van der Waals surface area contributed by atoms with Crippen molar-refractivity contribution in [3.8, 4) is 11.8 Å². The largest absolute Gasteiger partial charge is 0.382 e. The Hall–Kier alpha value is -1.01. The highest BCUT2D eigenvalue weighted by Crippen LogP contribution is 2.19. The van der Waals surface area contributed by atoms with Gasteiger partial charge >= 0.3 is 0 Å². The van der Waals surface area contributed by atoms with Gasteiger partial charge in [0.15, 0.2) is 0 Å². The fourth-order valence-corrected chi connectivity index (χ4v) is 1.38. The van der Waals surface area contributed by atoms with Crippen molar-refractivity contribution in [3.05, 3.63) is 28.5 Å². The third-order valence-electron chi connectivity index (χ3n) is 1.67. The molecule has 1 N–H and O–H groups in total. The third-order valence-corrected chi connectivity index (χ3v) is 2.16. The highest BCUT2D eigenvalue weighted by Gasteiger charge is 2.00. The van der Waals surface area contributed by atoms with E-state index in [4.69, 9.17) is 0 Å². The van der Waals surface area contributed by atoms with Crippen molar-refractivity contribution in [2.24, 2.45) is 0 Å². The van der Waals surface area contributed by atoms with Crippen molar-refractivity contribution in [2.75, 3.05) is 11.9 Å². The van der Waals surface area contributed by atoms with E-state index in [-0.39, 0.29) is 5.82 Å². The molecule has 0 saturated heterocycles. The molecule has 3 heteroatoms. The van der Waals surface area contributed by atoms with E-state index < -0.39 is 0 Å². The second-order valence-electron chi connectivity index (χ2n) is 2.73. The van der Waals surface area contributed by atoms with Gasteiger partial charge in [-0.25, -0.2) is 4.39 Å². The zero-order valence-corrected chi connectivity index (χ0v) is 9.49. The number of anilines is 1. The summed E-state index contributed by atoms with van der Waals surface area (Å²) in [6, 6.07) is 4.82. The molecule has 0 spiro atoms. The summed E-state index contributed by atoms with van der Waals surface area (Å²) < 4.78 is 14.0. The van der Waals surface area contributed by atoms with Crippen molar-refractivity contribution in [2.45, 2.75) is 13.3 Å². The topological polar surface area (TPSA) is 12.0 Å². The average molecular weight is 256 g/mol. The van der Waals surface area contributed by atoms with Crippen LogP contribution in [0.5, 0.6) is 0 Å². The van der Waals surface area contributed by atoms with Crippen LogP contribution in [0.3, 0.4) is 0 Å². The molecule has 1 aromatic carbocycles. The van der Waals surface area contributed by atoms with Crippen molar-refractivity contribution >= 4 is 21.6 Å². The minimum Gasteiger partial charge on any atom is -0.382 e. The average Bonchev–Trinajstić information content (AvgIpc) is 2.18. The fourth-order valence-electron chi connectivity index (χ4n) is 1.02. The maximum absolute atomic E-state index is 13.2. The lowest BCUT2D eigenvalue weighted by atomic mass is 10.3. The van der Waals surface area contributed by atoms with Gasteiger partial charge in [-0.2, -0.15) is 0 Å². The molecule has 0 aliphatic rings. The van der Waals surface area contributed by atoms with Crippen LogP contribution in [0, 0.1) is 17.7 Å². The van der Waals surface area contributed by atoms with Gasteiger partial charge in [0, 0.05) is 17.4 Å². The van der Waals surface area contributed by atoms with Crippen molar-refractivity contribution in [3.63, 3.8) is 0 Å². The lowest BCUT2D eigenvalue weighted by Crippen LogP contribution is -2.02. The molecule has 0 amide bonds. The Morgan fingerprint density at radius 3 is 3.00 bits per heavy atom. The van der Waals surface area contributed by atoms with E-state index in [0.29, 0.717) is 12.2 Å². The summed E-state index contributed by atoms with van der Waals surface area (Å²) in [7, 11) is 0. The molecule has 1 nitrogen and oxygen atoms in total. The zero-order valence-electron chi connectivity index (χ0n) is 7.90. The minimum atomic E-state index is -0.238. The summed E-state index contributed by atoms with van der Waals surface area (Å²) in [6.45, 7) is 2.45. The summed E-state index contributed by atoms with van der Waals surface area (Å²) in [4.78, 5) is 0. The molecule has 0 atom stereocenters. The minimum absolute atomic E-state index is 0.238. The first-order valence-electron chi connectivity index (χ1n) is 4.32. The molecule has 14 heavy (non-hydrogen) atoms. The van der Waals surface area contributed by atoms with Crippen molar-refractivity contribution in [1.82, 2.24) is 0 Å². The van der Waals surface area contributed by atoms with E-state index in [9.17, 15) is 4.39 Å². The molecule has 0 fully saturated rings. The van der Waals surface area contributed by atoms with E-state index in [0.717, 1.165) is 10.9 Å². The van der Waals surface area contributed by atoms with Gasteiger partial charge in [-0.3, -0.25) is 0 Å². The van der Waals surface area contributed by atoms with Crippen LogP contribution in [0.15, 0.2) is 22.7 Å². The van der Waals surface area contributed by atoms with E-state index in [2.05, 4.69) is 33.1 Å². The highest BCUT2D eigenvalue weighted by molar-refractivity contribution is 9.10. The molecule has 0 unspecified atom stereocenters.